The summed E-state index contributed by atoms with van der Waals surface area (Å²) in [6, 6.07) is 11.7. The van der Waals surface area contributed by atoms with Gasteiger partial charge in [0, 0.05) is 18.4 Å². The first-order chi connectivity index (χ1) is 9.52. The molecule has 3 nitrogen and oxygen atoms in total. The predicted molar refractivity (Wildman–Crippen MR) is 79.4 cm³/mol. The number of hydrogen-bond donors (Lipinski definition) is 1. The number of carbonyl (C=O) groups excluding carboxylic acids is 1. The highest BCUT2D eigenvalue weighted by atomic mass is 19.1. The van der Waals surface area contributed by atoms with Crippen molar-refractivity contribution in [3.63, 3.8) is 0 Å². The van der Waals surface area contributed by atoms with Gasteiger partial charge in [-0.25, -0.2) is 4.39 Å². The van der Waals surface area contributed by atoms with E-state index in [2.05, 4.69) is 6.92 Å². The first kappa shape index (κ1) is 14.1. The molecule has 2 rings (SSSR count). The van der Waals surface area contributed by atoms with E-state index in [9.17, 15) is 9.18 Å². The standard InChI is InChI=1S/C16H17FN2O/c1-3-11-4-7-13(8-5-11)19(2)16(20)14-9-6-12(18)10-15(14)17/h4-10H,3,18H2,1-2H3. The quantitative estimate of drug-likeness (QED) is 0.872. The number of benzene rings is 2. The SMILES string of the molecule is CCc1ccc(N(C)C(=O)c2ccc(N)cc2F)cc1. The molecule has 2 aromatic rings. The molecular weight excluding hydrogens is 255 g/mol. The van der Waals surface area contributed by atoms with Crippen molar-refractivity contribution < 1.29 is 9.18 Å². The second-order valence-electron chi connectivity index (χ2n) is 4.62. The van der Waals surface area contributed by atoms with E-state index in [1.54, 1.807) is 7.05 Å². The van der Waals surface area contributed by atoms with Crippen LogP contribution in [-0.4, -0.2) is 13.0 Å². The van der Waals surface area contributed by atoms with Crippen LogP contribution in [0.5, 0.6) is 0 Å². The normalized spacial score (nSPS) is 10.3. The zero-order valence-electron chi connectivity index (χ0n) is 11.6. The number of anilines is 2. The lowest BCUT2D eigenvalue weighted by Gasteiger charge is -2.18. The molecule has 104 valence electrons. The molecule has 0 saturated heterocycles. The third-order valence-corrected chi connectivity index (χ3v) is 3.26. The van der Waals surface area contributed by atoms with Crippen LogP contribution in [0.3, 0.4) is 0 Å². The smallest absolute Gasteiger partial charge is 0.260 e. The lowest BCUT2D eigenvalue weighted by molar-refractivity contribution is 0.0989. The summed E-state index contributed by atoms with van der Waals surface area (Å²) in [6.07, 6.45) is 0.935. The molecule has 0 unspecified atom stereocenters. The molecule has 0 radical (unpaired) electrons. The molecule has 4 heteroatoms. The molecule has 0 fully saturated rings. The molecule has 1 amide bonds. The fourth-order valence-electron chi connectivity index (χ4n) is 1.96. The van der Waals surface area contributed by atoms with Gasteiger partial charge in [-0.15, -0.1) is 0 Å². The van der Waals surface area contributed by atoms with Crippen LogP contribution in [0.1, 0.15) is 22.8 Å². The van der Waals surface area contributed by atoms with Crippen molar-refractivity contribution in [1.82, 2.24) is 0 Å². The Morgan fingerprint density at radius 1 is 1.20 bits per heavy atom. The Morgan fingerprint density at radius 2 is 1.85 bits per heavy atom. The topological polar surface area (TPSA) is 46.3 Å². The Morgan fingerprint density at radius 3 is 2.40 bits per heavy atom. The molecule has 2 aromatic carbocycles. The van der Waals surface area contributed by atoms with Crippen LogP contribution in [0.25, 0.3) is 0 Å². The van der Waals surface area contributed by atoms with E-state index in [-0.39, 0.29) is 5.56 Å². The Balaban J connectivity index is 2.27. The summed E-state index contributed by atoms with van der Waals surface area (Å²) in [4.78, 5) is 13.7. The average molecular weight is 272 g/mol. The fraction of sp³-hybridized carbons (Fsp3) is 0.188. The minimum absolute atomic E-state index is 0.0151. The third-order valence-electron chi connectivity index (χ3n) is 3.26. The summed E-state index contributed by atoms with van der Waals surface area (Å²) in [5.41, 5.74) is 7.71. The van der Waals surface area contributed by atoms with E-state index in [1.807, 2.05) is 24.3 Å². The van der Waals surface area contributed by atoms with Crippen molar-refractivity contribution in [2.45, 2.75) is 13.3 Å². The minimum atomic E-state index is -0.605. The summed E-state index contributed by atoms with van der Waals surface area (Å²) >= 11 is 0. The van der Waals surface area contributed by atoms with Gasteiger partial charge >= 0.3 is 0 Å². The van der Waals surface area contributed by atoms with Crippen molar-refractivity contribution in [2.24, 2.45) is 0 Å². The molecule has 0 aromatic heterocycles. The van der Waals surface area contributed by atoms with Crippen LogP contribution in [0.2, 0.25) is 0 Å². The predicted octanol–water partition coefficient (Wildman–Crippen LogP) is 3.25. The zero-order chi connectivity index (χ0) is 14.7. The van der Waals surface area contributed by atoms with Gasteiger partial charge in [0.1, 0.15) is 5.82 Å². The number of nitrogens with zero attached hydrogens (tertiary/aromatic N) is 1. The van der Waals surface area contributed by atoms with Gasteiger partial charge < -0.3 is 10.6 Å². The van der Waals surface area contributed by atoms with Crippen molar-refractivity contribution in [3.05, 3.63) is 59.4 Å². The van der Waals surface area contributed by atoms with Crippen LogP contribution in [0.15, 0.2) is 42.5 Å². The van der Waals surface area contributed by atoms with Crippen LogP contribution in [-0.2, 0) is 6.42 Å². The molecular formula is C16H17FN2O. The maximum absolute atomic E-state index is 13.8. The van der Waals surface area contributed by atoms with E-state index in [4.69, 9.17) is 5.73 Å². The van der Waals surface area contributed by atoms with Gasteiger partial charge in [0.15, 0.2) is 0 Å². The van der Waals surface area contributed by atoms with Crippen molar-refractivity contribution in [2.75, 3.05) is 17.7 Å². The highest BCUT2D eigenvalue weighted by Crippen LogP contribution is 2.19. The summed E-state index contributed by atoms with van der Waals surface area (Å²) in [5, 5.41) is 0. The second kappa shape index (κ2) is 5.74. The number of hydrogen-bond acceptors (Lipinski definition) is 2. The molecule has 0 aliphatic heterocycles. The summed E-state index contributed by atoms with van der Waals surface area (Å²) in [6.45, 7) is 2.06. The number of aryl methyl sites for hydroxylation is 1. The van der Waals surface area contributed by atoms with Crippen LogP contribution < -0.4 is 10.6 Å². The molecule has 20 heavy (non-hydrogen) atoms. The number of amides is 1. The zero-order valence-corrected chi connectivity index (χ0v) is 11.6. The Kier molecular flexibility index (Phi) is 4.03. The van der Waals surface area contributed by atoms with Gasteiger partial charge in [0.25, 0.3) is 5.91 Å². The maximum atomic E-state index is 13.8. The minimum Gasteiger partial charge on any atom is -0.399 e. The molecule has 0 heterocycles. The van der Waals surface area contributed by atoms with Gasteiger partial charge in [-0.2, -0.15) is 0 Å². The summed E-state index contributed by atoms with van der Waals surface area (Å²) in [5.74, 6) is -1.00. The number of carbonyl (C=O) groups is 1. The van der Waals surface area contributed by atoms with Gasteiger partial charge in [-0.1, -0.05) is 19.1 Å². The van der Waals surface area contributed by atoms with Gasteiger partial charge in [-0.05, 0) is 42.3 Å². The summed E-state index contributed by atoms with van der Waals surface area (Å²) in [7, 11) is 1.62. The molecule has 2 N–H and O–H groups in total. The third kappa shape index (κ3) is 2.79. The van der Waals surface area contributed by atoms with Gasteiger partial charge in [-0.3, -0.25) is 4.79 Å². The van der Waals surface area contributed by atoms with Crippen LogP contribution >= 0.6 is 0 Å². The number of nitrogens with two attached hydrogens (primary N) is 1. The Hall–Kier alpha value is -2.36. The maximum Gasteiger partial charge on any atom is 0.260 e. The average Bonchev–Trinajstić information content (AvgIpc) is 2.46. The highest BCUT2D eigenvalue weighted by Gasteiger charge is 2.17. The molecule has 0 saturated carbocycles. The lowest BCUT2D eigenvalue weighted by atomic mass is 10.1. The molecule has 0 aliphatic carbocycles. The lowest BCUT2D eigenvalue weighted by Crippen LogP contribution is -2.27. The Labute approximate surface area is 117 Å². The van der Waals surface area contributed by atoms with Gasteiger partial charge in [0.05, 0.1) is 5.56 Å². The van der Waals surface area contributed by atoms with E-state index in [1.165, 1.54) is 22.6 Å². The number of rotatable bonds is 3. The first-order valence-electron chi connectivity index (χ1n) is 6.45. The monoisotopic (exact) mass is 272 g/mol. The van der Waals surface area contributed by atoms with E-state index >= 15 is 0 Å². The number of nitrogen functional groups attached to an aromatic ring is 1. The summed E-state index contributed by atoms with van der Waals surface area (Å²) < 4.78 is 13.8. The highest BCUT2D eigenvalue weighted by molar-refractivity contribution is 6.06. The largest absolute Gasteiger partial charge is 0.399 e. The number of halogens is 1. The van der Waals surface area contributed by atoms with Gasteiger partial charge in [0.2, 0.25) is 0 Å². The van der Waals surface area contributed by atoms with Crippen molar-refractivity contribution in [3.8, 4) is 0 Å². The van der Waals surface area contributed by atoms with E-state index in [0.717, 1.165) is 18.2 Å². The molecule has 0 aliphatic rings. The molecule has 0 bridgehead atoms. The van der Waals surface area contributed by atoms with E-state index < -0.39 is 11.7 Å². The fourth-order valence-corrected chi connectivity index (χ4v) is 1.96. The second-order valence-corrected chi connectivity index (χ2v) is 4.62. The first-order valence-corrected chi connectivity index (χ1v) is 6.45. The Bertz CT molecular complexity index is 623. The molecule has 0 spiro atoms. The molecule has 0 atom stereocenters. The van der Waals surface area contributed by atoms with Crippen molar-refractivity contribution in [1.29, 1.82) is 0 Å². The van der Waals surface area contributed by atoms with E-state index in [0.29, 0.717) is 5.69 Å². The van der Waals surface area contributed by atoms with Crippen molar-refractivity contribution >= 4 is 17.3 Å². The van der Waals surface area contributed by atoms with Crippen LogP contribution in [0, 0.1) is 5.82 Å². The van der Waals surface area contributed by atoms with Crippen LogP contribution in [0.4, 0.5) is 15.8 Å².